The lowest BCUT2D eigenvalue weighted by atomic mass is 10.1. The number of rotatable bonds is 3. The van der Waals surface area contributed by atoms with Crippen molar-refractivity contribution in [3.8, 4) is 0 Å². The smallest absolute Gasteiger partial charge is 0.255 e. The molecule has 0 saturated heterocycles. The van der Waals surface area contributed by atoms with Gasteiger partial charge in [-0.1, -0.05) is 22.8 Å². The van der Waals surface area contributed by atoms with Crippen molar-refractivity contribution in [2.45, 2.75) is 0 Å². The molecule has 2 aromatic carbocycles. The molecule has 0 bridgehead atoms. The number of benzene rings is 2. The van der Waals surface area contributed by atoms with E-state index in [-0.39, 0.29) is 11.4 Å². The van der Waals surface area contributed by atoms with Gasteiger partial charge in [-0.2, -0.15) is 0 Å². The summed E-state index contributed by atoms with van der Waals surface area (Å²) in [5, 5.41) is 14.3. The summed E-state index contributed by atoms with van der Waals surface area (Å²) in [7, 11) is 0. The van der Waals surface area contributed by atoms with E-state index in [2.05, 4.69) is 10.5 Å². The van der Waals surface area contributed by atoms with E-state index in [4.69, 9.17) is 22.5 Å². The zero-order chi connectivity index (χ0) is 15.4. The fourth-order valence-electron chi connectivity index (χ4n) is 1.69. The third-order valence-electron chi connectivity index (χ3n) is 2.69. The highest BCUT2D eigenvalue weighted by molar-refractivity contribution is 6.31. The number of nitrogens with zero attached hydrogens (tertiary/aromatic N) is 1. The fourth-order valence-corrected chi connectivity index (χ4v) is 1.88. The van der Waals surface area contributed by atoms with Gasteiger partial charge in [0.05, 0.1) is 5.56 Å². The van der Waals surface area contributed by atoms with Crippen LogP contribution >= 0.6 is 11.6 Å². The van der Waals surface area contributed by atoms with Crippen LogP contribution in [-0.2, 0) is 0 Å². The van der Waals surface area contributed by atoms with Crippen molar-refractivity contribution in [3.05, 3.63) is 64.4 Å². The van der Waals surface area contributed by atoms with Crippen molar-refractivity contribution in [1.29, 1.82) is 0 Å². The molecule has 0 aliphatic carbocycles. The van der Waals surface area contributed by atoms with Gasteiger partial charge in [-0.15, -0.1) is 0 Å². The Morgan fingerprint density at radius 3 is 2.71 bits per heavy atom. The molecular weight excluding hydrogens is 297 g/mol. The molecule has 0 atom stereocenters. The quantitative estimate of drug-likeness (QED) is 0.352. The number of carbonyl (C=O) groups is 1. The van der Waals surface area contributed by atoms with Gasteiger partial charge in [0.25, 0.3) is 5.91 Å². The van der Waals surface area contributed by atoms with Crippen LogP contribution in [0.25, 0.3) is 0 Å². The molecule has 0 fully saturated rings. The summed E-state index contributed by atoms with van der Waals surface area (Å²) in [5.41, 5.74) is 5.91. The van der Waals surface area contributed by atoms with E-state index in [1.165, 1.54) is 18.2 Å². The van der Waals surface area contributed by atoms with Gasteiger partial charge in [0.1, 0.15) is 5.82 Å². The molecule has 7 heteroatoms. The van der Waals surface area contributed by atoms with E-state index in [1.807, 2.05) is 0 Å². The van der Waals surface area contributed by atoms with E-state index in [0.29, 0.717) is 16.3 Å². The number of nitrogens with two attached hydrogens (primary N) is 1. The minimum Gasteiger partial charge on any atom is -0.409 e. The van der Waals surface area contributed by atoms with Crippen molar-refractivity contribution in [1.82, 2.24) is 0 Å². The standard InChI is InChI=1S/C14H11ClFN3O2/c15-9-3-1-2-8(6-9)14(20)18-10-4-5-12(16)11(7-10)13(17)19-21/h1-7,21H,(H2,17,19)(H,18,20). The average molecular weight is 308 g/mol. The summed E-state index contributed by atoms with van der Waals surface area (Å²) in [5.74, 6) is -1.45. The van der Waals surface area contributed by atoms with Crippen LogP contribution in [0.4, 0.5) is 10.1 Å². The maximum absolute atomic E-state index is 13.5. The summed E-state index contributed by atoms with van der Waals surface area (Å²) >= 11 is 5.81. The van der Waals surface area contributed by atoms with Gasteiger partial charge in [0.2, 0.25) is 0 Å². The molecule has 0 aliphatic rings. The highest BCUT2D eigenvalue weighted by atomic mass is 35.5. The van der Waals surface area contributed by atoms with Crippen molar-refractivity contribution < 1.29 is 14.4 Å². The van der Waals surface area contributed by atoms with Crippen molar-refractivity contribution in [3.63, 3.8) is 0 Å². The summed E-state index contributed by atoms with van der Waals surface area (Å²) in [6.07, 6.45) is 0. The lowest BCUT2D eigenvalue weighted by Crippen LogP contribution is -2.17. The zero-order valence-corrected chi connectivity index (χ0v) is 11.4. The third-order valence-corrected chi connectivity index (χ3v) is 2.93. The molecule has 4 N–H and O–H groups in total. The molecule has 2 aromatic rings. The Morgan fingerprint density at radius 2 is 2.05 bits per heavy atom. The van der Waals surface area contributed by atoms with Crippen molar-refractivity contribution in [2.75, 3.05) is 5.32 Å². The van der Waals surface area contributed by atoms with Crippen LogP contribution in [0.3, 0.4) is 0 Å². The highest BCUT2D eigenvalue weighted by Crippen LogP contribution is 2.17. The van der Waals surface area contributed by atoms with Gasteiger partial charge in [-0.3, -0.25) is 4.79 Å². The number of hydrogen-bond acceptors (Lipinski definition) is 3. The van der Waals surface area contributed by atoms with Crippen LogP contribution in [0, 0.1) is 5.82 Å². The van der Waals surface area contributed by atoms with Gasteiger partial charge in [-0.05, 0) is 36.4 Å². The van der Waals surface area contributed by atoms with Crippen LogP contribution < -0.4 is 11.1 Å². The SMILES string of the molecule is NC(=NO)c1cc(NC(=O)c2cccc(Cl)c2)ccc1F. The number of nitrogens with one attached hydrogen (secondary N) is 1. The van der Waals surface area contributed by atoms with Crippen LogP contribution in [0.1, 0.15) is 15.9 Å². The topological polar surface area (TPSA) is 87.7 Å². The van der Waals surface area contributed by atoms with Crippen LogP contribution in [0.5, 0.6) is 0 Å². The van der Waals surface area contributed by atoms with Gasteiger partial charge < -0.3 is 16.3 Å². The van der Waals surface area contributed by atoms with Crippen LogP contribution in [0.15, 0.2) is 47.6 Å². The maximum atomic E-state index is 13.5. The third kappa shape index (κ3) is 3.49. The molecule has 1 amide bonds. The molecular formula is C14H11ClFN3O2. The van der Waals surface area contributed by atoms with Crippen molar-refractivity contribution >= 4 is 29.0 Å². The van der Waals surface area contributed by atoms with E-state index >= 15 is 0 Å². The van der Waals surface area contributed by atoms with E-state index in [0.717, 1.165) is 6.07 Å². The second-order valence-electron chi connectivity index (χ2n) is 4.14. The van der Waals surface area contributed by atoms with Crippen LogP contribution in [0.2, 0.25) is 5.02 Å². The lowest BCUT2D eigenvalue weighted by Gasteiger charge is -2.08. The second kappa shape index (κ2) is 6.23. The molecule has 0 radical (unpaired) electrons. The number of oxime groups is 1. The molecule has 0 aromatic heterocycles. The number of carbonyl (C=O) groups excluding carboxylic acids is 1. The van der Waals surface area contributed by atoms with E-state index < -0.39 is 11.7 Å². The Morgan fingerprint density at radius 1 is 1.29 bits per heavy atom. The number of hydrogen-bond donors (Lipinski definition) is 3. The summed E-state index contributed by atoms with van der Waals surface area (Å²) in [6, 6.07) is 10.1. The predicted molar refractivity (Wildman–Crippen MR) is 78.3 cm³/mol. The Labute approximate surface area is 124 Å². The monoisotopic (exact) mass is 307 g/mol. The number of amidine groups is 1. The second-order valence-corrected chi connectivity index (χ2v) is 4.58. The number of amides is 1. The number of halogens is 2. The lowest BCUT2D eigenvalue weighted by molar-refractivity contribution is 0.102. The normalized spacial score (nSPS) is 11.2. The Kier molecular flexibility index (Phi) is 4.39. The summed E-state index contributed by atoms with van der Waals surface area (Å²) < 4.78 is 13.5. The Hall–Kier alpha value is -2.60. The summed E-state index contributed by atoms with van der Waals surface area (Å²) in [6.45, 7) is 0. The first-order chi connectivity index (χ1) is 10.0. The molecule has 21 heavy (non-hydrogen) atoms. The molecule has 0 aliphatic heterocycles. The zero-order valence-electron chi connectivity index (χ0n) is 10.7. The molecule has 0 spiro atoms. The molecule has 2 rings (SSSR count). The Bertz CT molecular complexity index is 719. The van der Waals surface area contributed by atoms with Crippen molar-refractivity contribution in [2.24, 2.45) is 10.9 Å². The highest BCUT2D eigenvalue weighted by Gasteiger charge is 2.11. The first-order valence-electron chi connectivity index (χ1n) is 5.85. The molecule has 0 unspecified atom stereocenters. The minimum atomic E-state index is -0.661. The predicted octanol–water partition coefficient (Wildman–Crippen LogP) is 2.83. The summed E-state index contributed by atoms with van der Waals surface area (Å²) in [4.78, 5) is 12.0. The molecule has 108 valence electrons. The molecule has 5 nitrogen and oxygen atoms in total. The van der Waals surface area contributed by atoms with Gasteiger partial charge in [-0.25, -0.2) is 4.39 Å². The van der Waals surface area contributed by atoms with E-state index in [1.54, 1.807) is 18.2 Å². The van der Waals surface area contributed by atoms with Gasteiger partial charge in [0, 0.05) is 16.3 Å². The fraction of sp³-hybridized carbons (Fsp3) is 0. The minimum absolute atomic E-state index is 0.110. The largest absolute Gasteiger partial charge is 0.409 e. The molecule has 0 saturated carbocycles. The maximum Gasteiger partial charge on any atom is 0.255 e. The Balaban J connectivity index is 2.26. The van der Waals surface area contributed by atoms with E-state index in [9.17, 15) is 9.18 Å². The van der Waals surface area contributed by atoms with Crippen LogP contribution in [-0.4, -0.2) is 17.0 Å². The number of anilines is 1. The first-order valence-corrected chi connectivity index (χ1v) is 6.23. The molecule has 0 heterocycles. The first kappa shape index (κ1) is 14.8. The average Bonchev–Trinajstić information content (AvgIpc) is 2.48. The van der Waals surface area contributed by atoms with Gasteiger partial charge in [0.15, 0.2) is 5.84 Å². The van der Waals surface area contributed by atoms with Gasteiger partial charge >= 0.3 is 0 Å².